The molecule has 3 aromatic rings. The van der Waals surface area contributed by atoms with Crippen LogP contribution in [-0.4, -0.2) is 61.1 Å². The van der Waals surface area contributed by atoms with E-state index >= 15 is 0 Å². The van der Waals surface area contributed by atoms with Crippen LogP contribution in [-0.2, 0) is 10.2 Å². The molecule has 37 heavy (non-hydrogen) atoms. The van der Waals surface area contributed by atoms with E-state index in [1.165, 1.54) is 36.9 Å². The molecule has 2 aliphatic carbocycles. The highest BCUT2D eigenvalue weighted by Crippen LogP contribution is 2.48. The Morgan fingerprint density at radius 2 is 1.81 bits per heavy atom. The predicted octanol–water partition coefficient (Wildman–Crippen LogP) is 5.09. The highest BCUT2D eigenvalue weighted by Gasteiger charge is 2.41. The first-order chi connectivity index (χ1) is 18.0. The minimum absolute atomic E-state index is 0.112. The maximum Gasteiger partial charge on any atom is 0.195 e. The van der Waals surface area contributed by atoms with E-state index in [4.69, 9.17) is 4.74 Å². The second-order valence-electron chi connectivity index (χ2n) is 11.9. The van der Waals surface area contributed by atoms with E-state index in [1.807, 2.05) is 18.2 Å². The van der Waals surface area contributed by atoms with Crippen molar-refractivity contribution in [2.24, 2.45) is 0 Å². The number of benzene rings is 2. The number of nitrogens with one attached hydrogen (secondary N) is 1. The summed E-state index contributed by atoms with van der Waals surface area (Å²) in [7, 11) is 0. The molecule has 1 N–H and O–H groups in total. The molecule has 0 spiro atoms. The molecule has 6 nitrogen and oxygen atoms in total. The van der Waals surface area contributed by atoms with E-state index in [0.29, 0.717) is 17.5 Å². The number of nitrogens with zero attached hydrogens (tertiary/aromatic N) is 3. The lowest BCUT2D eigenvalue weighted by atomic mass is 9.70. The molecule has 3 heterocycles. The molecule has 0 atom stereocenters. The molecule has 0 bridgehead atoms. The summed E-state index contributed by atoms with van der Waals surface area (Å²) in [5, 5.41) is 10.3. The van der Waals surface area contributed by atoms with E-state index in [9.17, 15) is 10.1 Å². The van der Waals surface area contributed by atoms with Gasteiger partial charge >= 0.3 is 0 Å². The van der Waals surface area contributed by atoms with Crippen LogP contribution in [0.1, 0.15) is 83.8 Å². The Morgan fingerprint density at radius 1 is 1.05 bits per heavy atom. The fraction of sp³-hybridized carbons (Fsp3) is 0.484. The van der Waals surface area contributed by atoms with E-state index in [0.717, 1.165) is 72.7 Å². The summed E-state index contributed by atoms with van der Waals surface area (Å²) in [4.78, 5) is 22.8. The van der Waals surface area contributed by atoms with Crippen LogP contribution >= 0.6 is 0 Å². The van der Waals surface area contributed by atoms with Crippen molar-refractivity contribution in [1.29, 1.82) is 5.26 Å². The number of hydrogen-bond acceptors (Lipinski definition) is 5. The topological polar surface area (TPSA) is 72.4 Å². The molecule has 0 amide bonds. The highest BCUT2D eigenvalue weighted by atomic mass is 16.5. The predicted molar refractivity (Wildman–Crippen MR) is 145 cm³/mol. The zero-order valence-electron chi connectivity index (χ0n) is 21.8. The van der Waals surface area contributed by atoms with Crippen LogP contribution in [0.5, 0.6) is 0 Å². The summed E-state index contributed by atoms with van der Waals surface area (Å²) in [5.41, 5.74) is 7.54. The lowest BCUT2D eigenvalue weighted by molar-refractivity contribution is -0.0660. The molecule has 2 saturated heterocycles. The van der Waals surface area contributed by atoms with Gasteiger partial charge in [0.25, 0.3) is 0 Å². The molecule has 0 unspecified atom stereocenters. The van der Waals surface area contributed by atoms with Crippen molar-refractivity contribution in [1.82, 2.24) is 9.88 Å². The first kappa shape index (κ1) is 23.0. The number of hydrogen-bond donors (Lipinski definition) is 1. The second-order valence-corrected chi connectivity index (χ2v) is 11.9. The zero-order valence-corrected chi connectivity index (χ0v) is 21.8. The maximum absolute atomic E-state index is 14.1. The molecule has 190 valence electrons. The SMILES string of the molecule is CC1(C)c2cc(N3CCN(C4COC4)CC3)c(C3CCCC3)cc2C(=O)c2c1[nH]c1cc(C#N)ccc21. The number of aromatic amines is 1. The number of fused-ring (bicyclic) bond motifs is 4. The van der Waals surface area contributed by atoms with Crippen LogP contribution in [0.4, 0.5) is 5.69 Å². The van der Waals surface area contributed by atoms with E-state index < -0.39 is 0 Å². The minimum Gasteiger partial charge on any atom is -0.378 e. The number of carbonyl (C=O) groups is 1. The largest absolute Gasteiger partial charge is 0.378 e. The van der Waals surface area contributed by atoms with Crippen molar-refractivity contribution < 1.29 is 9.53 Å². The van der Waals surface area contributed by atoms with Crippen LogP contribution in [0.15, 0.2) is 30.3 Å². The Morgan fingerprint density at radius 3 is 2.49 bits per heavy atom. The summed E-state index contributed by atoms with van der Waals surface area (Å²) in [6, 6.07) is 13.0. The third-order valence-electron chi connectivity index (χ3n) is 9.45. The smallest absolute Gasteiger partial charge is 0.195 e. The van der Waals surface area contributed by atoms with E-state index in [2.05, 4.69) is 46.8 Å². The molecule has 2 aliphatic heterocycles. The standard InChI is InChI=1S/C31H34N4O2/c1-31(2)25-15-27(35-11-9-34(10-12-35)21-17-37-18-21)23(20-5-3-4-6-20)14-24(25)29(36)28-22-8-7-19(16-32)13-26(22)33-30(28)31/h7-8,13-15,20-21,33H,3-6,9-12,17-18H2,1-2H3. The average Bonchev–Trinajstić information content (AvgIpc) is 3.55. The number of rotatable bonds is 3. The lowest BCUT2D eigenvalue weighted by Gasteiger charge is -2.44. The molecule has 7 rings (SSSR count). The van der Waals surface area contributed by atoms with Crippen LogP contribution in [0.2, 0.25) is 0 Å². The fourth-order valence-corrected chi connectivity index (χ4v) is 7.15. The molecule has 0 radical (unpaired) electrons. The summed E-state index contributed by atoms with van der Waals surface area (Å²) < 4.78 is 5.44. The second kappa shape index (κ2) is 8.44. The van der Waals surface area contributed by atoms with Crippen LogP contribution in [0, 0.1) is 11.3 Å². The lowest BCUT2D eigenvalue weighted by Crippen LogP contribution is -2.56. The van der Waals surface area contributed by atoms with Gasteiger partial charge in [0, 0.05) is 59.4 Å². The van der Waals surface area contributed by atoms with Gasteiger partial charge in [-0.1, -0.05) is 32.8 Å². The number of anilines is 1. The van der Waals surface area contributed by atoms with Gasteiger partial charge in [0.2, 0.25) is 0 Å². The van der Waals surface area contributed by atoms with E-state index in [-0.39, 0.29) is 11.2 Å². The van der Waals surface area contributed by atoms with Crippen LogP contribution in [0.3, 0.4) is 0 Å². The first-order valence-corrected chi connectivity index (χ1v) is 13.8. The number of aromatic nitrogens is 1. The Bertz CT molecular complexity index is 1440. The number of ether oxygens (including phenoxy) is 1. The summed E-state index contributed by atoms with van der Waals surface area (Å²) in [6.45, 7) is 10.3. The molecule has 3 fully saturated rings. The summed E-state index contributed by atoms with van der Waals surface area (Å²) >= 11 is 0. The van der Waals surface area contributed by atoms with Crippen LogP contribution < -0.4 is 4.90 Å². The third-order valence-corrected chi connectivity index (χ3v) is 9.45. The minimum atomic E-state index is -0.349. The summed E-state index contributed by atoms with van der Waals surface area (Å²) in [5.74, 6) is 0.637. The van der Waals surface area contributed by atoms with Gasteiger partial charge in [-0.05, 0) is 54.2 Å². The molecule has 1 aromatic heterocycles. The van der Waals surface area contributed by atoms with Crippen molar-refractivity contribution in [2.75, 3.05) is 44.3 Å². The maximum atomic E-state index is 14.1. The average molecular weight is 495 g/mol. The number of carbonyl (C=O) groups excluding carboxylic acids is 1. The zero-order chi connectivity index (χ0) is 25.3. The molecule has 1 saturated carbocycles. The fourth-order valence-electron chi connectivity index (χ4n) is 7.15. The summed E-state index contributed by atoms with van der Waals surface area (Å²) in [6.07, 6.45) is 4.95. The van der Waals surface area contributed by atoms with Gasteiger partial charge in [0.15, 0.2) is 5.78 Å². The molecular formula is C31H34N4O2. The van der Waals surface area contributed by atoms with Crippen LogP contribution in [0.25, 0.3) is 10.9 Å². The normalized spacial score (nSPS) is 22.1. The van der Waals surface area contributed by atoms with Crippen molar-refractivity contribution in [3.63, 3.8) is 0 Å². The van der Waals surface area contributed by atoms with Crippen molar-refractivity contribution in [2.45, 2.75) is 56.9 Å². The Kier molecular flexibility index (Phi) is 5.25. The monoisotopic (exact) mass is 494 g/mol. The highest BCUT2D eigenvalue weighted by molar-refractivity contribution is 6.20. The molecule has 6 heteroatoms. The number of H-pyrrole nitrogens is 1. The van der Waals surface area contributed by atoms with Gasteiger partial charge < -0.3 is 14.6 Å². The first-order valence-electron chi connectivity index (χ1n) is 13.8. The van der Waals surface area contributed by atoms with E-state index in [1.54, 1.807) is 0 Å². The Hall–Kier alpha value is -3.14. The van der Waals surface area contributed by atoms with Crippen molar-refractivity contribution in [3.05, 3.63) is 63.8 Å². The molecular weight excluding hydrogens is 460 g/mol. The van der Waals surface area contributed by atoms with Gasteiger partial charge in [-0.25, -0.2) is 0 Å². The third kappa shape index (κ3) is 3.48. The number of piperazine rings is 1. The van der Waals surface area contributed by atoms with Gasteiger partial charge in [-0.2, -0.15) is 5.26 Å². The quantitative estimate of drug-likeness (QED) is 0.549. The van der Waals surface area contributed by atoms with Crippen molar-refractivity contribution in [3.8, 4) is 6.07 Å². The molecule has 4 aliphatic rings. The van der Waals surface area contributed by atoms with Gasteiger partial charge in [-0.15, -0.1) is 0 Å². The molecule has 2 aromatic carbocycles. The Labute approximate surface area is 218 Å². The van der Waals surface area contributed by atoms with Gasteiger partial charge in [0.05, 0.1) is 36.5 Å². The van der Waals surface area contributed by atoms with Crippen molar-refractivity contribution >= 4 is 22.4 Å². The van der Waals surface area contributed by atoms with Gasteiger partial charge in [0.1, 0.15) is 0 Å². The number of ketones is 1. The Balaban J connectivity index is 1.34. The number of nitriles is 1. The van der Waals surface area contributed by atoms with Gasteiger partial charge in [-0.3, -0.25) is 9.69 Å².